The summed E-state index contributed by atoms with van der Waals surface area (Å²) in [7, 11) is 4.71. The van der Waals surface area contributed by atoms with Crippen molar-refractivity contribution in [2.75, 3.05) is 26.8 Å². The Hall–Kier alpha value is -2.99. The second-order valence-corrected chi connectivity index (χ2v) is 6.22. The molecule has 1 N–H and O–H groups in total. The third-order valence-electron chi connectivity index (χ3n) is 4.09. The highest BCUT2D eigenvalue weighted by atomic mass is 35.5. The third-order valence-corrected chi connectivity index (χ3v) is 4.33. The number of halogens is 1. The number of benzene rings is 2. The van der Waals surface area contributed by atoms with Crippen molar-refractivity contribution in [2.45, 2.75) is 6.92 Å². The van der Waals surface area contributed by atoms with E-state index in [0.29, 0.717) is 28.1 Å². The Morgan fingerprint density at radius 1 is 1.00 bits per heavy atom. The van der Waals surface area contributed by atoms with Crippen LogP contribution in [-0.2, 0) is 0 Å². The van der Waals surface area contributed by atoms with Gasteiger partial charge in [-0.15, -0.1) is 0 Å². The Morgan fingerprint density at radius 2 is 1.78 bits per heavy atom. The van der Waals surface area contributed by atoms with E-state index in [2.05, 4.69) is 15.5 Å². The number of nitrogens with zero attached hydrogens (tertiary/aromatic N) is 2. The van der Waals surface area contributed by atoms with Gasteiger partial charge in [0.2, 0.25) is 5.75 Å². The quantitative estimate of drug-likeness (QED) is 0.493. The minimum atomic E-state index is 0.514. The van der Waals surface area contributed by atoms with E-state index in [0.717, 1.165) is 22.0 Å². The number of rotatable bonds is 6. The number of ether oxygens (including phenoxy) is 3. The van der Waals surface area contributed by atoms with Crippen LogP contribution in [-0.4, -0.2) is 32.5 Å². The second kappa shape index (κ2) is 8.14. The van der Waals surface area contributed by atoms with Gasteiger partial charge in [-0.05, 0) is 48.9 Å². The maximum atomic E-state index is 6.06. The van der Waals surface area contributed by atoms with Crippen LogP contribution < -0.4 is 19.6 Å². The number of aryl methyl sites for hydroxylation is 1. The lowest BCUT2D eigenvalue weighted by Crippen LogP contribution is -2.00. The van der Waals surface area contributed by atoms with Gasteiger partial charge < -0.3 is 14.2 Å². The van der Waals surface area contributed by atoms with Crippen LogP contribution in [0.4, 0.5) is 5.82 Å². The smallest absolute Gasteiger partial charge is 0.203 e. The van der Waals surface area contributed by atoms with Crippen LogP contribution in [0.5, 0.6) is 17.2 Å². The molecule has 0 aliphatic rings. The summed E-state index contributed by atoms with van der Waals surface area (Å²) in [5.74, 6) is 2.28. The van der Waals surface area contributed by atoms with E-state index in [1.807, 2.05) is 37.3 Å². The van der Waals surface area contributed by atoms with Crippen molar-refractivity contribution < 1.29 is 14.2 Å². The molecular formula is C20H20ClN3O3. The lowest BCUT2D eigenvalue weighted by atomic mass is 10.1. The zero-order chi connectivity index (χ0) is 19.4. The number of anilines is 1. The fourth-order valence-electron chi connectivity index (χ4n) is 2.82. The lowest BCUT2D eigenvalue weighted by Gasteiger charge is -2.13. The van der Waals surface area contributed by atoms with Crippen LogP contribution in [0.3, 0.4) is 0 Å². The number of pyridine rings is 1. The summed E-state index contributed by atoms with van der Waals surface area (Å²) < 4.78 is 16.1. The van der Waals surface area contributed by atoms with Crippen molar-refractivity contribution in [2.24, 2.45) is 5.10 Å². The molecule has 0 saturated heterocycles. The summed E-state index contributed by atoms with van der Waals surface area (Å²) in [6, 6.07) is 11.2. The molecule has 6 nitrogen and oxygen atoms in total. The molecule has 0 bridgehead atoms. The molecule has 3 aromatic rings. The van der Waals surface area contributed by atoms with Crippen LogP contribution in [0.1, 0.15) is 11.1 Å². The first-order chi connectivity index (χ1) is 13.1. The van der Waals surface area contributed by atoms with Gasteiger partial charge in [-0.1, -0.05) is 11.6 Å². The molecule has 0 spiro atoms. The Morgan fingerprint density at radius 3 is 2.48 bits per heavy atom. The van der Waals surface area contributed by atoms with Crippen molar-refractivity contribution >= 4 is 34.5 Å². The number of methoxy groups -OCH3 is 3. The van der Waals surface area contributed by atoms with Gasteiger partial charge in [0.15, 0.2) is 11.5 Å². The van der Waals surface area contributed by atoms with Crippen LogP contribution in [0.2, 0.25) is 5.02 Å². The van der Waals surface area contributed by atoms with Gasteiger partial charge in [0, 0.05) is 16.0 Å². The predicted molar refractivity (Wildman–Crippen MR) is 109 cm³/mol. The molecule has 0 unspecified atom stereocenters. The fraction of sp³-hybridized carbons (Fsp3) is 0.200. The standard InChI is InChI=1S/C20H20ClN3O3/c1-12-9-18(23-16-7-6-14(21)10-15(12)16)24-22-11-13-5-8-17(25-2)20(27-4)19(13)26-3/h5-11H,1-4H3,(H,23,24)/b22-11+. The van der Waals surface area contributed by atoms with Gasteiger partial charge in [-0.3, -0.25) is 5.43 Å². The molecule has 0 aliphatic heterocycles. The van der Waals surface area contributed by atoms with Gasteiger partial charge in [-0.2, -0.15) is 5.10 Å². The van der Waals surface area contributed by atoms with Crippen molar-refractivity contribution in [3.63, 3.8) is 0 Å². The Kier molecular flexibility index (Phi) is 5.66. The van der Waals surface area contributed by atoms with Crippen LogP contribution in [0, 0.1) is 6.92 Å². The molecule has 0 atom stereocenters. The van der Waals surface area contributed by atoms with Crippen molar-refractivity contribution in [3.8, 4) is 17.2 Å². The summed E-state index contributed by atoms with van der Waals surface area (Å²) in [4.78, 5) is 4.55. The average Bonchev–Trinajstić information content (AvgIpc) is 2.68. The van der Waals surface area contributed by atoms with E-state index in [9.17, 15) is 0 Å². The van der Waals surface area contributed by atoms with E-state index >= 15 is 0 Å². The van der Waals surface area contributed by atoms with E-state index in [-0.39, 0.29) is 0 Å². The largest absolute Gasteiger partial charge is 0.493 e. The molecule has 0 amide bonds. The van der Waals surface area contributed by atoms with Crippen LogP contribution >= 0.6 is 11.6 Å². The maximum Gasteiger partial charge on any atom is 0.203 e. The minimum absolute atomic E-state index is 0.514. The first kappa shape index (κ1) is 18.8. The molecule has 0 saturated carbocycles. The first-order valence-electron chi connectivity index (χ1n) is 8.22. The zero-order valence-corrected chi connectivity index (χ0v) is 16.3. The molecule has 1 aromatic heterocycles. The normalized spacial score (nSPS) is 11.0. The molecule has 1 heterocycles. The molecule has 140 valence electrons. The fourth-order valence-corrected chi connectivity index (χ4v) is 2.99. The molecule has 7 heteroatoms. The number of hydrogen-bond donors (Lipinski definition) is 1. The zero-order valence-electron chi connectivity index (χ0n) is 15.5. The number of hydrazone groups is 1. The highest BCUT2D eigenvalue weighted by Crippen LogP contribution is 2.39. The summed E-state index contributed by atoms with van der Waals surface area (Å²) in [6.45, 7) is 2.01. The van der Waals surface area contributed by atoms with E-state index in [4.69, 9.17) is 25.8 Å². The van der Waals surface area contributed by atoms with E-state index < -0.39 is 0 Å². The Labute approximate surface area is 162 Å². The first-order valence-corrected chi connectivity index (χ1v) is 8.60. The third kappa shape index (κ3) is 3.90. The maximum absolute atomic E-state index is 6.06. The molecular weight excluding hydrogens is 366 g/mol. The number of hydrogen-bond acceptors (Lipinski definition) is 6. The van der Waals surface area contributed by atoms with Gasteiger partial charge in [0.05, 0.1) is 33.1 Å². The van der Waals surface area contributed by atoms with E-state index in [1.165, 1.54) is 0 Å². The van der Waals surface area contributed by atoms with E-state index in [1.54, 1.807) is 33.6 Å². The Balaban J connectivity index is 1.88. The number of fused-ring (bicyclic) bond motifs is 1. The summed E-state index contributed by atoms with van der Waals surface area (Å²) in [6.07, 6.45) is 1.64. The summed E-state index contributed by atoms with van der Waals surface area (Å²) in [5.41, 5.74) is 5.61. The summed E-state index contributed by atoms with van der Waals surface area (Å²) >= 11 is 6.06. The van der Waals surface area contributed by atoms with Gasteiger partial charge in [-0.25, -0.2) is 4.98 Å². The summed E-state index contributed by atoms with van der Waals surface area (Å²) in [5, 5.41) is 5.98. The molecule has 2 aromatic carbocycles. The van der Waals surface area contributed by atoms with Gasteiger partial charge in [0.1, 0.15) is 5.82 Å². The predicted octanol–water partition coefficient (Wildman–Crippen LogP) is 4.67. The Bertz CT molecular complexity index is 1010. The molecule has 0 fully saturated rings. The minimum Gasteiger partial charge on any atom is -0.493 e. The molecule has 0 radical (unpaired) electrons. The van der Waals surface area contributed by atoms with Crippen LogP contribution in [0.15, 0.2) is 41.5 Å². The highest BCUT2D eigenvalue weighted by molar-refractivity contribution is 6.31. The van der Waals surface area contributed by atoms with Crippen molar-refractivity contribution in [3.05, 3.63) is 52.5 Å². The second-order valence-electron chi connectivity index (χ2n) is 5.78. The van der Waals surface area contributed by atoms with Gasteiger partial charge >= 0.3 is 0 Å². The highest BCUT2D eigenvalue weighted by Gasteiger charge is 2.14. The number of nitrogens with one attached hydrogen (secondary N) is 1. The average molecular weight is 386 g/mol. The topological polar surface area (TPSA) is 65.0 Å². The SMILES string of the molecule is COc1ccc(/C=N/Nc2cc(C)c3cc(Cl)ccc3n2)c(OC)c1OC. The van der Waals surface area contributed by atoms with Crippen molar-refractivity contribution in [1.29, 1.82) is 0 Å². The molecule has 3 rings (SSSR count). The van der Waals surface area contributed by atoms with Gasteiger partial charge in [0.25, 0.3) is 0 Å². The lowest BCUT2D eigenvalue weighted by molar-refractivity contribution is 0.324. The van der Waals surface area contributed by atoms with Crippen LogP contribution in [0.25, 0.3) is 10.9 Å². The molecule has 0 aliphatic carbocycles. The number of aromatic nitrogens is 1. The molecule has 27 heavy (non-hydrogen) atoms. The van der Waals surface area contributed by atoms with Crippen molar-refractivity contribution in [1.82, 2.24) is 4.98 Å². The monoisotopic (exact) mass is 385 g/mol.